The molecule has 3 aromatic carbocycles. The molecule has 0 saturated carbocycles. The number of benzene rings is 3. The van der Waals surface area contributed by atoms with Crippen LogP contribution in [0.5, 0.6) is 11.5 Å². The average molecular weight is 569 g/mol. The van der Waals surface area contributed by atoms with Crippen LogP contribution in [0.3, 0.4) is 0 Å². The third-order valence-corrected chi connectivity index (χ3v) is 6.58. The molecule has 0 aliphatic carbocycles. The van der Waals surface area contributed by atoms with Gasteiger partial charge < -0.3 is 14.6 Å². The lowest BCUT2D eigenvalue weighted by atomic mass is 10.2. The Morgan fingerprint density at radius 2 is 1.89 bits per heavy atom. The standard InChI is InChI=1S/C22H18Cl2N4O8S/c1-35-19-9-14(23)8-13(22(19)36-12-21(29)30)11-25-26-18-7-6-15(28(31)32)10-20(18)37(33,34)27-17-5-3-2-4-16(17)24/h2-10,27H,11-12H2,1H3,(H,29,30). The summed E-state index contributed by atoms with van der Waals surface area (Å²) >= 11 is 12.1. The fraction of sp³-hybridized carbons (Fsp3) is 0.136. The van der Waals surface area contributed by atoms with Crippen molar-refractivity contribution in [2.24, 2.45) is 10.2 Å². The van der Waals surface area contributed by atoms with E-state index in [1.54, 1.807) is 12.1 Å². The van der Waals surface area contributed by atoms with Gasteiger partial charge in [0, 0.05) is 28.8 Å². The molecule has 0 aromatic heterocycles. The Hall–Kier alpha value is -3.94. The number of nitrogens with one attached hydrogen (secondary N) is 1. The number of carbonyl (C=O) groups is 1. The summed E-state index contributed by atoms with van der Waals surface area (Å²) in [6.45, 7) is -0.888. The molecule has 0 spiro atoms. The van der Waals surface area contributed by atoms with Gasteiger partial charge in [-0.3, -0.25) is 14.8 Å². The van der Waals surface area contributed by atoms with E-state index in [1.165, 1.54) is 31.4 Å². The summed E-state index contributed by atoms with van der Waals surface area (Å²) < 4.78 is 39.0. The second kappa shape index (κ2) is 11.9. The molecule has 194 valence electrons. The molecule has 0 atom stereocenters. The van der Waals surface area contributed by atoms with Gasteiger partial charge in [0.05, 0.1) is 29.3 Å². The monoisotopic (exact) mass is 568 g/mol. The minimum Gasteiger partial charge on any atom is -0.493 e. The number of methoxy groups -OCH3 is 1. The zero-order valence-electron chi connectivity index (χ0n) is 18.9. The molecule has 0 fully saturated rings. The summed E-state index contributed by atoms with van der Waals surface area (Å²) in [5.41, 5.74) is -0.325. The molecule has 37 heavy (non-hydrogen) atoms. The third-order valence-electron chi connectivity index (χ3n) is 4.64. The van der Waals surface area contributed by atoms with Crippen molar-refractivity contribution in [1.29, 1.82) is 0 Å². The Balaban J connectivity index is 1.99. The first-order chi connectivity index (χ1) is 17.5. The zero-order chi connectivity index (χ0) is 27.2. The van der Waals surface area contributed by atoms with Crippen molar-refractivity contribution in [1.82, 2.24) is 0 Å². The van der Waals surface area contributed by atoms with Crippen LogP contribution in [0, 0.1) is 10.1 Å². The van der Waals surface area contributed by atoms with Crippen molar-refractivity contribution >= 4 is 56.3 Å². The van der Waals surface area contributed by atoms with E-state index in [1.807, 2.05) is 0 Å². The molecule has 0 heterocycles. The molecular weight excluding hydrogens is 551 g/mol. The Morgan fingerprint density at radius 1 is 1.16 bits per heavy atom. The van der Waals surface area contributed by atoms with Crippen molar-refractivity contribution in [3.63, 3.8) is 0 Å². The van der Waals surface area contributed by atoms with E-state index < -0.39 is 38.1 Å². The lowest BCUT2D eigenvalue weighted by Gasteiger charge is -2.13. The number of nitrogens with zero attached hydrogens (tertiary/aromatic N) is 3. The largest absolute Gasteiger partial charge is 0.493 e. The second-order valence-electron chi connectivity index (χ2n) is 7.17. The quantitative estimate of drug-likeness (QED) is 0.174. The van der Waals surface area contributed by atoms with Crippen LogP contribution in [0.2, 0.25) is 10.0 Å². The first-order valence-corrected chi connectivity index (χ1v) is 12.4. The number of hydrogen-bond acceptors (Lipinski definition) is 9. The molecule has 0 radical (unpaired) electrons. The molecule has 0 unspecified atom stereocenters. The van der Waals surface area contributed by atoms with Gasteiger partial charge in [-0.25, -0.2) is 13.2 Å². The van der Waals surface area contributed by atoms with Crippen LogP contribution in [0.1, 0.15) is 5.56 Å². The predicted molar refractivity (Wildman–Crippen MR) is 135 cm³/mol. The second-order valence-corrected chi connectivity index (χ2v) is 9.67. The Kier molecular flexibility index (Phi) is 8.86. The van der Waals surface area contributed by atoms with Gasteiger partial charge in [-0.05, 0) is 24.3 Å². The van der Waals surface area contributed by atoms with Crippen molar-refractivity contribution in [2.75, 3.05) is 18.4 Å². The van der Waals surface area contributed by atoms with E-state index in [0.29, 0.717) is 5.56 Å². The zero-order valence-corrected chi connectivity index (χ0v) is 21.2. The van der Waals surface area contributed by atoms with Crippen LogP contribution in [-0.4, -0.2) is 38.1 Å². The number of nitro benzene ring substituents is 1. The van der Waals surface area contributed by atoms with Crippen LogP contribution < -0.4 is 14.2 Å². The van der Waals surface area contributed by atoms with Crippen LogP contribution >= 0.6 is 23.2 Å². The first-order valence-electron chi connectivity index (χ1n) is 10.2. The van der Waals surface area contributed by atoms with Gasteiger partial charge in [0.15, 0.2) is 18.1 Å². The van der Waals surface area contributed by atoms with Gasteiger partial charge in [-0.2, -0.15) is 10.2 Å². The van der Waals surface area contributed by atoms with Crippen LogP contribution in [0.25, 0.3) is 0 Å². The molecule has 0 aliphatic rings. The lowest BCUT2D eigenvalue weighted by molar-refractivity contribution is -0.385. The number of rotatable bonds is 11. The van der Waals surface area contributed by atoms with Crippen molar-refractivity contribution < 1.29 is 32.7 Å². The van der Waals surface area contributed by atoms with E-state index in [-0.39, 0.29) is 39.5 Å². The van der Waals surface area contributed by atoms with Gasteiger partial charge >= 0.3 is 5.97 Å². The maximum Gasteiger partial charge on any atom is 0.341 e. The third kappa shape index (κ3) is 7.06. The number of non-ortho nitro benzene ring substituents is 1. The number of carboxylic acids is 1. The maximum atomic E-state index is 13.1. The van der Waals surface area contributed by atoms with E-state index in [9.17, 15) is 23.3 Å². The topological polar surface area (TPSA) is 170 Å². The molecule has 15 heteroatoms. The Bertz CT molecular complexity index is 1480. The Labute approximate surface area is 220 Å². The van der Waals surface area contributed by atoms with E-state index in [2.05, 4.69) is 15.0 Å². The highest BCUT2D eigenvalue weighted by molar-refractivity contribution is 7.92. The molecule has 12 nitrogen and oxygen atoms in total. The Morgan fingerprint density at radius 3 is 2.54 bits per heavy atom. The molecule has 0 saturated heterocycles. The van der Waals surface area contributed by atoms with E-state index >= 15 is 0 Å². The number of hydrogen-bond donors (Lipinski definition) is 2. The van der Waals surface area contributed by atoms with Gasteiger partial charge in [-0.1, -0.05) is 35.3 Å². The number of sulfonamides is 1. The number of aliphatic carboxylic acids is 1. The summed E-state index contributed by atoms with van der Waals surface area (Å²) in [6.07, 6.45) is 0. The maximum absolute atomic E-state index is 13.1. The molecule has 2 N–H and O–H groups in total. The van der Waals surface area contributed by atoms with Gasteiger partial charge in [-0.15, -0.1) is 0 Å². The number of carboxylic acid groups (broad SMARTS) is 1. The van der Waals surface area contributed by atoms with Gasteiger partial charge in [0.2, 0.25) is 0 Å². The van der Waals surface area contributed by atoms with Crippen LogP contribution in [-0.2, 0) is 21.4 Å². The number of anilines is 1. The van der Waals surface area contributed by atoms with Crippen molar-refractivity contribution in [3.05, 3.63) is 80.3 Å². The van der Waals surface area contributed by atoms with Crippen LogP contribution in [0.4, 0.5) is 17.1 Å². The normalized spacial score (nSPS) is 11.3. The fourth-order valence-electron chi connectivity index (χ4n) is 3.04. The number of para-hydroxylation sites is 1. The molecular formula is C22H18Cl2N4O8S. The van der Waals surface area contributed by atoms with E-state index in [4.69, 9.17) is 37.8 Å². The summed E-state index contributed by atoms with van der Waals surface area (Å²) in [5.74, 6) is -1.01. The molecule has 0 aliphatic heterocycles. The molecule has 0 amide bonds. The first kappa shape index (κ1) is 27.6. The number of ether oxygens (including phenoxy) is 2. The summed E-state index contributed by atoms with van der Waals surface area (Å²) in [5, 5.41) is 28.5. The van der Waals surface area contributed by atoms with Gasteiger partial charge in [0.1, 0.15) is 10.6 Å². The minimum absolute atomic E-state index is 0.0600. The molecule has 0 bridgehead atoms. The minimum atomic E-state index is -4.38. The highest BCUT2D eigenvalue weighted by Gasteiger charge is 2.24. The highest BCUT2D eigenvalue weighted by Crippen LogP contribution is 2.36. The summed E-state index contributed by atoms with van der Waals surface area (Å²) in [7, 11) is -3.05. The molecule has 3 rings (SSSR count). The number of azo groups is 1. The predicted octanol–water partition coefficient (Wildman–Crippen LogP) is 5.46. The highest BCUT2D eigenvalue weighted by atomic mass is 35.5. The van der Waals surface area contributed by atoms with Crippen molar-refractivity contribution in [3.8, 4) is 11.5 Å². The van der Waals surface area contributed by atoms with Gasteiger partial charge in [0.25, 0.3) is 15.7 Å². The van der Waals surface area contributed by atoms with Crippen molar-refractivity contribution in [2.45, 2.75) is 11.4 Å². The summed E-state index contributed by atoms with van der Waals surface area (Å²) in [6, 6.07) is 12.0. The lowest BCUT2D eigenvalue weighted by Crippen LogP contribution is -2.13. The smallest absolute Gasteiger partial charge is 0.341 e. The SMILES string of the molecule is COc1cc(Cl)cc(CN=Nc2ccc([N+](=O)[O-])cc2S(=O)(=O)Nc2ccccc2Cl)c1OCC(=O)O. The summed E-state index contributed by atoms with van der Waals surface area (Å²) in [4.78, 5) is 21.0. The average Bonchev–Trinajstić information content (AvgIpc) is 2.84. The fourth-order valence-corrected chi connectivity index (χ4v) is 4.74. The van der Waals surface area contributed by atoms with Crippen LogP contribution in [0.15, 0.2) is 69.7 Å². The van der Waals surface area contributed by atoms with E-state index in [0.717, 1.165) is 18.2 Å². The number of nitro groups is 1. The molecule has 3 aromatic rings. The number of halogens is 2.